The summed E-state index contributed by atoms with van der Waals surface area (Å²) >= 11 is 6.06. The van der Waals surface area contributed by atoms with Crippen LogP contribution in [0.4, 0.5) is 5.82 Å². The van der Waals surface area contributed by atoms with Crippen molar-refractivity contribution in [3.05, 3.63) is 22.8 Å². The number of nitrogens with zero attached hydrogens (tertiary/aromatic N) is 2. The zero-order chi connectivity index (χ0) is 13.7. The number of anilines is 1. The second-order valence-corrected chi connectivity index (χ2v) is 4.49. The van der Waals surface area contributed by atoms with Crippen LogP contribution in [0.2, 0.25) is 5.02 Å². The molecule has 0 fully saturated rings. The molecule has 0 saturated heterocycles. The molecular weight excluding hydrogens is 254 g/mol. The van der Waals surface area contributed by atoms with Crippen LogP contribution in [0.15, 0.2) is 12.1 Å². The molecule has 1 heterocycles. The van der Waals surface area contributed by atoms with Gasteiger partial charge in [-0.05, 0) is 12.1 Å². The van der Waals surface area contributed by atoms with Crippen molar-refractivity contribution in [1.29, 1.82) is 0 Å². The van der Waals surface area contributed by atoms with Gasteiger partial charge in [0.2, 0.25) is 5.91 Å². The van der Waals surface area contributed by atoms with Crippen LogP contribution >= 0.6 is 11.6 Å². The number of hydrogen-bond donors (Lipinski definition) is 2. The molecule has 1 atom stereocenters. The minimum absolute atomic E-state index is 0.151. The Bertz CT molecular complexity index is 424. The number of pyridine rings is 1. The van der Waals surface area contributed by atoms with Crippen molar-refractivity contribution in [2.45, 2.75) is 19.4 Å². The van der Waals surface area contributed by atoms with Crippen molar-refractivity contribution in [2.24, 2.45) is 0 Å². The quantitative estimate of drug-likeness (QED) is 0.849. The molecule has 5 nitrogen and oxygen atoms in total. The predicted molar refractivity (Wildman–Crippen MR) is 71.8 cm³/mol. The van der Waals surface area contributed by atoms with E-state index in [4.69, 9.17) is 11.6 Å². The van der Waals surface area contributed by atoms with Crippen molar-refractivity contribution in [3.8, 4) is 0 Å². The van der Waals surface area contributed by atoms with Crippen molar-refractivity contribution in [2.75, 3.05) is 25.6 Å². The third kappa shape index (κ3) is 3.58. The molecule has 0 aliphatic carbocycles. The Balaban J connectivity index is 3.04. The molecule has 0 saturated carbocycles. The van der Waals surface area contributed by atoms with Gasteiger partial charge < -0.3 is 15.3 Å². The minimum atomic E-state index is -0.579. The first-order valence-electron chi connectivity index (χ1n) is 5.73. The summed E-state index contributed by atoms with van der Waals surface area (Å²) in [6, 6.07) is 2.91. The fraction of sp³-hybridized carbons (Fsp3) is 0.500. The van der Waals surface area contributed by atoms with Crippen LogP contribution in [-0.2, 0) is 4.79 Å². The Morgan fingerprint density at radius 1 is 1.56 bits per heavy atom. The highest BCUT2D eigenvalue weighted by atomic mass is 35.5. The van der Waals surface area contributed by atoms with E-state index >= 15 is 0 Å². The molecule has 0 spiro atoms. The first-order chi connectivity index (χ1) is 8.49. The second-order valence-electron chi connectivity index (χ2n) is 4.09. The molecule has 1 aromatic heterocycles. The minimum Gasteiger partial charge on any atom is -0.394 e. The van der Waals surface area contributed by atoms with E-state index in [-0.39, 0.29) is 12.5 Å². The Hall–Kier alpha value is -1.33. The van der Waals surface area contributed by atoms with Crippen LogP contribution in [-0.4, -0.2) is 36.7 Å². The standard InChI is InChI=1S/C12H18ClN3O2/c1-4-11(18)14-9(7-17)12-8(13)5-6-10(15-12)16(2)3/h5-6,9,17H,4,7H2,1-3H3,(H,14,18)/t9-/m1/s1. The molecule has 0 aliphatic heterocycles. The molecule has 100 valence electrons. The van der Waals surface area contributed by atoms with E-state index in [0.29, 0.717) is 17.1 Å². The number of nitrogens with one attached hydrogen (secondary N) is 1. The molecule has 18 heavy (non-hydrogen) atoms. The van der Waals surface area contributed by atoms with Gasteiger partial charge in [0, 0.05) is 20.5 Å². The van der Waals surface area contributed by atoms with Crippen LogP contribution in [0.3, 0.4) is 0 Å². The van der Waals surface area contributed by atoms with E-state index in [9.17, 15) is 9.90 Å². The SMILES string of the molecule is CCC(=O)N[C@H](CO)c1nc(N(C)C)ccc1Cl. The maximum absolute atomic E-state index is 11.4. The van der Waals surface area contributed by atoms with Gasteiger partial charge in [-0.1, -0.05) is 18.5 Å². The van der Waals surface area contributed by atoms with E-state index in [1.807, 2.05) is 19.0 Å². The molecule has 0 radical (unpaired) electrons. The van der Waals surface area contributed by atoms with E-state index < -0.39 is 6.04 Å². The Morgan fingerprint density at radius 2 is 2.22 bits per heavy atom. The van der Waals surface area contributed by atoms with E-state index in [1.165, 1.54) is 0 Å². The summed E-state index contributed by atoms with van der Waals surface area (Å²) in [6.07, 6.45) is 0.349. The van der Waals surface area contributed by atoms with E-state index in [1.54, 1.807) is 19.1 Å². The molecule has 1 aromatic rings. The average molecular weight is 272 g/mol. The highest BCUT2D eigenvalue weighted by Gasteiger charge is 2.18. The van der Waals surface area contributed by atoms with Gasteiger partial charge >= 0.3 is 0 Å². The number of carbonyl (C=O) groups excluding carboxylic acids is 1. The maximum Gasteiger partial charge on any atom is 0.220 e. The topological polar surface area (TPSA) is 65.5 Å². The lowest BCUT2D eigenvalue weighted by atomic mass is 10.2. The van der Waals surface area contributed by atoms with Gasteiger partial charge in [0.15, 0.2) is 0 Å². The Morgan fingerprint density at radius 3 is 2.72 bits per heavy atom. The average Bonchev–Trinajstić information content (AvgIpc) is 2.36. The number of halogens is 1. The highest BCUT2D eigenvalue weighted by molar-refractivity contribution is 6.31. The highest BCUT2D eigenvalue weighted by Crippen LogP contribution is 2.23. The van der Waals surface area contributed by atoms with Crippen LogP contribution in [0.5, 0.6) is 0 Å². The smallest absolute Gasteiger partial charge is 0.220 e. The van der Waals surface area contributed by atoms with Gasteiger partial charge in [0.1, 0.15) is 5.82 Å². The summed E-state index contributed by atoms with van der Waals surface area (Å²) in [7, 11) is 3.72. The Kier molecular flexibility index (Phi) is 5.37. The number of hydrogen-bond acceptors (Lipinski definition) is 4. The summed E-state index contributed by atoms with van der Waals surface area (Å²) < 4.78 is 0. The lowest BCUT2D eigenvalue weighted by Gasteiger charge is -2.19. The summed E-state index contributed by atoms with van der Waals surface area (Å²) in [4.78, 5) is 17.6. The number of carbonyl (C=O) groups is 1. The monoisotopic (exact) mass is 271 g/mol. The van der Waals surface area contributed by atoms with Gasteiger partial charge in [-0.25, -0.2) is 4.98 Å². The van der Waals surface area contributed by atoms with E-state index in [0.717, 1.165) is 5.82 Å². The zero-order valence-corrected chi connectivity index (χ0v) is 11.5. The number of rotatable bonds is 5. The van der Waals surface area contributed by atoms with Gasteiger partial charge in [0.05, 0.1) is 23.4 Å². The fourth-order valence-electron chi connectivity index (χ4n) is 1.44. The Labute approximate surface area is 112 Å². The van der Waals surface area contributed by atoms with Crippen LogP contribution in [0.1, 0.15) is 25.1 Å². The number of aliphatic hydroxyl groups excluding tert-OH is 1. The molecule has 0 unspecified atom stereocenters. The molecular formula is C12H18ClN3O2. The molecule has 2 N–H and O–H groups in total. The fourth-order valence-corrected chi connectivity index (χ4v) is 1.67. The van der Waals surface area contributed by atoms with Gasteiger partial charge in [-0.15, -0.1) is 0 Å². The lowest BCUT2D eigenvalue weighted by molar-refractivity contribution is -0.121. The second kappa shape index (κ2) is 6.56. The number of amides is 1. The largest absolute Gasteiger partial charge is 0.394 e. The normalized spacial score (nSPS) is 12.1. The van der Waals surface area contributed by atoms with Crippen LogP contribution in [0, 0.1) is 0 Å². The molecule has 0 aromatic carbocycles. The van der Waals surface area contributed by atoms with E-state index in [2.05, 4.69) is 10.3 Å². The number of aromatic nitrogens is 1. The van der Waals surface area contributed by atoms with Crippen molar-refractivity contribution < 1.29 is 9.90 Å². The third-order valence-electron chi connectivity index (χ3n) is 2.49. The molecule has 0 aliphatic rings. The lowest BCUT2D eigenvalue weighted by Crippen LogP contribution is -2.31. The summed E-state index contributed by atoms with van der Waals surface area (Å²) in [6.45, 7) is 1.50. The van der Waals surface area contributed by atoms with Gasteiger partial charge in [0.25, 0.3) is 0 Å². The summed E-state index contributed by atoms with van der Waals surface area (Å²) in [5.41, 5.74) is 0.479. The predicted octanol–water partition coefficient (Wildman–Crippen LogP) is 1.36. The maximum atomic E-state index is 11.4. The van der Waals surface area contributed by atoms with Gasteiger partial charge in [-0.3, -0.25) is 4.79 Å². The first kappa shape index (κ1) is 14.7. The molecule has 1 rings (SSSR count). The third-order valence-corrected chi connectivity index (χ3v) is 2.81. The van der Waals surface area contributed by atoms with Crippen molar-refractivity contribution >= 4 is 23.3 Å². The molecule has 0 bridgehead atoms. The van der Waals surface area contributed by atoms with Gasteiger partial charge in [-0.2, -0.15) is 0 Å². The van der Waals surface area contributed by atoms with Crippen molar-refractivity contribution in [1.82, 2.24) is 10.3 Å². The molecule has 1 amide bonds. The number of aliphatic hydroxyl groups is 1. The van der Waals surface area contributed by atoms with Crippen LogP contribution < -0.4 is 10.2 Å². The van der Waals surface area contributed by atoms with Crippen molar-refractivity contribution in [3.63, 3.8) is 0 Å². The molecule has 6 heteroatoms. The zero-order valence-electron chi connectivity index (χ0n) is 10.8. The summed E-state index contributed by atoms with van der Waals surface area (Å²) in [5, 5.41) is 12.5. The first-order valence-corrected chi connectivity index (χ1v) is 6.11. The summed E-state index contributed by atoms with van der Waals surface area (Å²) in [5.74, 6) is 0.570. The van der Waals surface area contributed by atoms with Crippen LogP contribution in [0.25, 0.3) is 0 Å².